The molecule has 0 radical (unpaired) electrons. The number of likely N-dealkylation sites (tertiary alicyclic amines) is 2. The normalized spacial score (nSPS) is 27.4. The van der Waals surface area contributed by atoms with Crippen molar-refractivity contribution in [2.45, 2.75) is 52.0 Å². The monoisotopic (exact) mass is 376 g/mol. The van der Waals surface area contributed by atoms with E-state index in [1.165, 1.54) is 5.56 Å². The van der Waals surface area contributed by atoms with Crippen LogP contribution in [0.5, 0.6) is 5.75 Å². The molecular weight excluding hydrogens is 348 g/mol. The largest absolute Gasteiger partial charge is 0.492 e. The molecule has 2 saturated heterocycles. The number of halogens is 1. The van der Waals surface area contributed by atoms with E-state index in [1.807, 2.05) is 12.1 Å². The summed E-state index contributed by atoms with van der Waals surface area (Å²) in [6, 6.07) is 4.08. The van der Waals surface area contributed by atoms with Gasteiger partial charge in [0.1, 0.15) is 5.75 Å². The molecule has 0 N–H and O–H groups in total. The van der Waals surface area contributed by atoms with Gasteiger partial charge >= 0.3 is 0 Å². The Bertz CT molecular complexity index is 733. The van der Waals surface area contributed by atoms with Gasteiger partial charge in [0.05, 0.1) is 12.0 Å². The second kappa shape index (κ2) is 6.42. The number of amides is 1. The van der Waals surface area contributed by atoms with Gasteiger partial charge < -0.3 is 9.64 Å². The molecule has 1 amide bonds. The fourth-order valence-corrected chi connectivity index (χ4v) is 5.10. The van der Waals surface area contributed by atoms with E-state index in [1.54, 1.807) is 0 Å². The first kappa shape index (κ1) is 18.1. The van der Waals surface area contributed by atoms with Gasteiger partial charge in [-0.15, -0.1) is 0 Å². The van der Waals surface area contributed by atoms with Crippen molar-refractivity contribution < 1.29 is 9.53 Å². The topological polar surface area (TPSA) is 32.8 Å². The van der Waals surface area contributed by atoms with Crippen LogP contribution in [0.4, 0.5) is 0 Å². The van der Waals surface area contributed by atoms with Crippen LogP contribution in [0.1, 0.15) is 51.2 Å². The Balaban J connectivity index is 1.52. The van der Waals surface area contributed by atoms with E-state index in [4.69, 9.17) is 16.3 Å². The van der Waals surface area contributed by atoms with Crippen LogP contribution in [0.3, 0.4) is 0 Å². The minimum absolute atomic E-state index is 0.00326. The standard InChI is InChI=1S/C21H29ClN2O2/c1-4-7-24-9-6-21(19(24)25)5-8-23(13-21)12-15-10-16(22)11-17-18(15)26-14-20(17,2)3/h10-11H,4-9,12-14H2,1-3H3. The van der Waals surface area contributed by atoms with Crippen molar-refractivity contribution >= 4 is 17.5 Å². The Labute approximate surface area is 161 Å². The molecule has 1 aromatic rings. The van der Waals surface area contributed by atoms with E-state index in [-0.39, 0.29) is 10.8 Å². The summed E-state index contributed by atoms with van der Waals surface area (Å²) >= 11 is 6.40. The summed E-state index contributed by atoms with van der Waals surface area (Å²) in [5.41, 5.74) is 2.21. The van der Waals surface area contributed by atoms with Crippen molar-refractivity contribution in [2.24, 2.45) is 5.41 Å². The van der Waals surface area contributed by atoms with Gasteiger partial charge in [0.15, 0.2) is 0 Å². The van der Waals surface area contributed by atoms with Crippen LogP contribution in [0.15, 0.2) is 12.1 Å². The summed E-state index contributed by atoms with van der Waals surface area (Å²) in [7, 11) is 0. The highest BCUT2D eigenvalue weighted by atomic mass is 35.5. The van der Waals surface area contributed by atoms with Gasteiger partial charge in [-0.25, -0.2) is 0 Å². The van der Waals surface area contributed by atoms with E-state index in [2.05, 4.69) is 30.6 Å². The summed E-state index contributed by atoms with van der Waals surface area (Å²) < 4.78 is 6.04. The first-order valence-corrected chi connectivity index (χ1v) is 10.2. The van der Waals surface area contributed by atoms with Crippen LogP contribution >= 0.6 is 11.6 Å². The number of ether oxygens (including phenoxy) is 1. The van der Waals surface area contributed by atoms with Gasteiger partial charge in [-0.1, -0.05) is 32.4 Å². The molecule has 2 fully saturated rings. The lowest BCUT2D eigenvalue weighted by Crippen LogP contribution is -2.37. The number of hydrogen-bond acceptors (Lipinski definition) is 3. The van der Waals surface area contributed by atoms with E-state index in [9.17, 15) is 4.79 Å². The molecule has 1 unspecified atom stereocenters. The zero-order chi connectivity index (χ0) is 18.5. The van der Waals surface area contributed by atoms with E-state index >= 15 is 0 Å². The maximum atomic E-state index is 12.9. The van der Waals surface area contributed by atoms with Gasteiger partial charge in [-0.05, 0) is 37.9 Å². The van der Waals surface area contributed by atoms with Crippen LogP contribution in [-0.4, -0.2) is 48.5 Å². The van der Waals surface area contributed by atoms with Crippen molar-refractivity contribution in [1.29, 1.82) is 0 Å². The molecule has 0 bridgehead atoms. The lowest BCUT2D eigenvalue weighted by molar-refractivity contribution is -0.135. The van der Waals surface area contributed by atoms with Gasteiger partial charge in [0.25, 0.3) is 0 Å². The van der Waals surface area contributed by atoms with Crippen molar-refractivity contribution in [3.8, 4) is 5.75 Å². The van der Waals surface area contributed by atoms with E-state index in [0.717, 1.165) is 68.3 Å². The number of rotatable bonds is 4. The van der Waals surface area contributed by atoms with Crippen molar-refractivity contribution in [1.82, 2.24) is 9.80 Å². The van der Waals surface area contributed by atoms with Crippen molar-refractivity contribution in [3.63, 3.8) is 0 Å². The lowest BCUT2D eigenvalue weighted by atomic mass is 9.85. The number of benzene rings is 1. The van der Waals surface area contributed by atoms with Crippen molar-refractivity contribution in [3.05, 3.63) is 28.3 Å². The maximum Gasteiger partial charge on any atom is 0.230 e. The second-order valence-corrected chi connectivity index (χ2v) is 9.33. The lowest BCUT2D eigenvalue weighted by Gasteiger charge is -2.24. The molecule has 4 rings (SSSR count). The predicted octanol–water partition coefficient (Wildman–Crippen LogP) is 3.84. The molecule has 1 atom stereocenters. The van der Waals surface area contributed by atoms with E-state index < -0.39 is 0 Å². The van der Waals surface area contributed by atoms with Crippen LogP contribution in [-0.2, 0) is 16.8 Å². The molecule has 0 aromatic heterocycles. The summed E-state index contributed by atoms with van der Waals surface area (Å²) in [5.74, 6) is 1.38. The number of carbonyl (C=O) groups is 1. The van der Waals surface area contributed by atoms with Gasteiger partial charge in [0.2, 0.25) is 5.91 Å². The van der Waals surface area contributed by atoms with Crippen LogP contribution < -0.4 is 4.74 Å². The third kappa shape index (κ3) is 2.91. The number of hydrogen-bond donors (Lipinski definition) is 0. The molecular formula is C21H29ClN2O2. The smallest absolute Gasteiger partial charge is 0.230 e. The molecule has 26 heavy (non-hydrogen) atoms. The Kier molecular flexibility index (Phi) is 4.47. The number of fused-ring (bicyclic) bond motifs is 1. The van der Waals surface area contributed by atoms with Gasteiger partial charge in [-0.2, -0.15) is 0 Å². The summed E-state index contributed by atoms with van der Waals surface area (Å²) in [4.78, 5) is 17.4. The Morgan fingerprint density at radius 2 is 2.00 bits per heavy atom. The average Bonchev–Trinajstić information content (AvgIpc) is 3.22. The zero-order valence-corrected chi connectivity index (χ0v) is 16.9. The number of carbonyl (C=O) groups excluding carboxylic acids is 1. The SMILES string of the molecule is CCCN1CCC2(CCN(Cc3cc(Cl)cc4c3OCC4(C)C)C2)C1=O. The molecule has 142 valence electrons. The van der Waals surface area contributed by atoms with E-state index in [0.29, 0.717) is 12.5 Å². The molecule has 1 spiro atoms. The molecule has 0 saturated carbocycles. The predicted molar refractivity (Wildman–Crippen MR) is 104 cm³/mol. The molecule has 3 heterocycles. The highest BCUT2D eigenvalue weighted by Gasteiger charge is 2.50. The van der Waals surface area contributed by atoms with Crippen LogP contribution in [0.25, 0.3) is 0 Å². The van der Waals surface area contributed by atoms with Crippen LogP contribution in [0, 0.1) is 5.41 Å². The summed E-state index contributed by atoms with van der Waals surface area (Å²) in [6.45, 7) is 11.7. The first-order chi connectivity index (χ1) is 12.3. The number of nitrogens with zero attached hydrogens (tertiary/aromatic N) is 2. The first-order valence-electron chi connectivity index (χ1n) is 9.82. The second-order valence-electron chi connectivity index (χ2n) is 8.90. The van der Waals surface area contributed by atoms with Gasteiger partial charge in [-0.3, -0.25) is 9.69 Å². The minimum Gasteiger partial charge on any atom is -0.492 e. The minimum atomic E-state index is -0.156. The molecule has 1 aromatic carbocycles. The molecule has 4 nitrogen and oxygen atoms in total. The average molecular weight is 377 g/mol. The molecule has 3 aliphatic heterocycles. The molecule has 5 heteroatoms. The highest BCUT2D eigenvalue weighted by molar-refractivity contribution is 6.30. The summed E-state index contributed by atoms with van der Waals surface area (Å²) in [5, 5.41) is 0.775. The third-order valence-corrected chi connectivity index (χ3v) is 6.58. The Morgan fingerprint density at radius 3 is 2.77 bits per heavy atom. The zero-order valence-electron chi connectivity index (χ0n) is 16.1. The van der Waals surface area contributed by atoms with Gasteiger partial charge in [0, 0.05) is 47.7 Å². The summed E-state index contributed by atoms with van der Waals surface area (Å²) in [6.07, 6.45) is 3.01. The maximum absolute atomic E-state index is 12.9. The molecule has 0 aliphatic carbocycles. The fourth-order valence-electron chi connectivity index (χ4n) is 4.86. The third-order valence-electron chi connectivity index (χ3n) is 6.36. The quantitative estimate of drug-likeness (QED) is 0.800. The Morgan fingerprint density at radius 1 is 1.23 bits per heavy atom. The fraction of sp³-hybridized carbons (Fsp3) is 0.667. The molecule has 3 aliphatic rings. The highest BCUT2D eigenvalue weighted by Crippen LogP contribution is 2.45. The van der Waals surface area contributed by atoms with Crippen LogP contribution in [0.2, 0.25) is 5.02 Å². The Hall–Kier alpha value is -1.26. The van der Waals surface area contributed by atoms with Crippen molar-refractivity contribution in [2.75, 3.05) is 32.8 Å².